The number of halogens is 1. The largest absolute Gasteiger partial charge is 0.465 e. The van der Waals surface area contributed by atoms with Gasteiger partial charge in [-0.3, -0.25) is 9.69 Å². The van der Waals surface area contributed by atoms with Crippen LogP contribution in [0.15, 0.2) is 24.5 Å². The minimum atomic E-state index is -0.434. The normalized spacial score (nSPS) is 13.1. The monoisotopic (exact) mass is 333 g/mol. The van der Waals surface area contributed by atoms with Crippen LogP contribution in [0, 0.1) is 0 Å². The van der Waals surface area contributed by atoms with Gasteiger partial charge >= 0.3 is 5.97 Å². The molecule has 23 heavy (non-hydrogen) atoms. The summed E-state index contributed by atoms with van der Waals surface area (Å²) in [4.78, 5) is 30.3. The number of aromatic nitrogens is 2. The van der Waals surface area contributed by atoms with Crippen molar-refractivity contribution >= 4 is 29.3 Å². The topological polar surface area (TPSA) is 64.4 Å². The van der Waals surface area contributed by atoms with Gasteiger partial charge in [-0.05, 0) is 31.0 Å². The van der Waals surface area contributed by atoms with Crippen molar-refractivity contribution in [2.45, 2.75) is 19.9 Å². The highest BCUT2D eigenvalue weighted by molar-refractivity contribution is 6.31. The quantitative estimate of drug-likeness (QED) is 0.810. The van der Waals surface area contributed by atoms with Crippen LogP contribution in [0.2, 0.25) is 5.02 Å². The summed E-state index contributed by atoms with van der Waals surface area (Å²) in [5.41, 5.74) is 1.78. The number of amides is 1. The number of anilines is 1. The number of hydrogen-bond donors (Lipinski definition) is 0. The van der Waals surface area contributed by atoms with Crippen LogP contribution in [0.3, 0.4) is 0 Å². The molecule has 3 rings (SSSR count). The Morgan fingerprint density at radius 2 is 2.17 bits per heavy atom. The van der Waals surface area contributed by atoms with Crippen molar-refractivity contribution in [3.8, 4) is 0 Å². The third-order valence-electron chi connectivity index (χ3n) is 3.89. The zero-order chi connectivity index (χ0) is 16.6. The number of rotatable bonds is 3. The van der Waals surface area contributed by atoms with E-state index in [-0.39, 0.29) is 5.91 Å². The van der Waals surface area contributed by atoms with Gasteiger partial charge < -0.3 is 9.30 Å². The van der Waals surface area contributed by atoms with Gasteiger partial charge in [0, 0.05) is 25.5 Å². The molecule has 0 saturated carbocycles. The Labute approximate surface area is 138 Å². The van der Waals surface area contributed by atoms with Crippen molar-refractivity contribution in [1.82, 2.24) is 9.55 Å². The number of hydrogen-bond acceptors (Lipinski definition) is 4. The first-order valence-electron chi connectivity index (χ1n) is 7.30. The molecule has 0 radical (unpaired) electrons. The van der Waals surface area contributed by atoms with Crippen LogP contribution < -0.4 is 4.90 Å². The summed E-state index contributed by atoms with van der Waals surface area (Å²) in [5.74, 6) is 0.00941. The lowest BCUT2D eigenvalue weighted by Crippen LogP contribution is -2.31. The van der Waals surface area contributed by atoms with Gasteiger partial charge in [-0.2, -0.15) is 0 Å². The van der Waals surface area contributed by atoms with E-state index < -0.39 is 5.97 Å². The summed E-state index contributed by atoms with van der Waals surface area (Å²) in [6.45, 7) is 3.13. The molecule has 0 unspecified atom stereocenters. The van der Waals surface area contributed by atoms with E-state index in [4.69, 9.17) is 16.3 Å². The third-order valence-corrected chi connectivity index (χ3v) is 4.10. The molecule has 2 aromatic heterocycles. The number of fused-ring (bicyclic) bond motifs is 1. The molecule has 0 bridgehead atoms. The van der Waals surface area contributed by atoms with E-state index in [1.165, 1.54) is 13.3 Å². The van der Waals surface area contributed by atoms with Gasteiger partial charge in [0.05, 0.1) is 17.7 Å². The molecule has 0 spiro atoms. The molecule has 6 nitrogen and oxygen atoms in total. The second-order valence-corrected chi connectivity index (χ2v) is 5.67. The van der Waals surface area contributed by atoms with Crippen molar-refractivity contribution < 1.29 is 14.3 Å². The first-order chi connectivity index (χ1) is 11.0. The maximum Gasteiger partial charge on any atom is 0.339 e. The first-order valence-corrected chi connectivity index (χ1v) is 7.67. The number of carbonyl (C=O) groups is 2. The first kappa shape index (κ1) is 15.6. The Morgan fingerprint density at radius 3 is 2.87 bits per heavy atom. The Balaban J connectivity index is 1.93. The van der Waals surface area contributed by atoms with Crippen LogP contribution in [0.25, 0.3) is 0 Å². The molecule has 1 amide bonds. The zero-order valence-electron chi connectivity index (χ0n) is 12.9. The van der Waals surface area contributed by atoms with Gasteiger partial charge in [-0.1, -0.05) is 11.6 Å². The summed E-state index contributed by atoms with van der Waals surface area (Å²) >= 11 is 6.01. The molecule has 1 aliphatic heterocycles. The van der Waals surface area contributed by atoms with Crippen LogP contribution in [0.5, 0.6) is 0 Å². The molecule has 0 aliphatic carbocycles. The number of ether oxygens (including phenoxy) is 1. The second kappa shape index (κ2) is 6.04. The van der Waals surface area contributed by atoms with E-state index in [0.29, 0.717) is 41.6 Å². The highest BCUT2D eigenvalue weighted by Crippen LogP contribution is 2.28. The summed E-state index contributed by atoms with van der Waals surface area (Å²) < 4.78 is 6.51. The molecule has 0 aromatic carbocycles. The highest BCUT2D eigenvalue weighted by Gasteiger charge is 2.29. The summed E-state index contributed by atoms with van der Waals surface area (Å²) in [7, 11) is 1.33. The molecular weight excluding hydrogens is 318 g/mol. The van der Waals surface area contributed by atoms with Gasteiger partial charge in [0.1, 0.15) is 11.5 Å². The standard InChI is InChI=1S/C16H16ClN3O3/c1-3-19-9-12(17)7-13(19)15(21)20-5-4-10-6-11(16(22)23-2)8-18-14(10)20/h6-9H,3-5H2,1-2H3. The minimum absolute atomic E-state index is 0.143. The van der Waals surface area contributed by atoms with Crippen LogP contribution in [-0.2, 0) is 17.7 Å². The summed E-state index contributed by atoms with van der Waals surface area (Å²) in [6, 6.07) is 3.39. The molecule has 3 heterocycles. The van der Waals surface area contributed by atoms with Gasteiger partial charge in [-0.25, -0.2) is 9.78 Å². The minimum Gasteiger partial charge on any atom is -0.465 e. The lowest BCUT2D eigenvalue weighted by molar-refractivity contribution is 0.0600. The predicted molar refractivity (Wildman–Crippen MR) is 86.1 cm³/mol. The molecule has 0 N–H and O–H groups in total. The van der Waals surface area contributed by atoms with Crippen LogP contribution in [0.4, 0.5) is 5.82 Å². The molecule has 1 aliphatic rings. The van der Waals surface area contributed by atoms with Crippen LogP contribution >= 0.6 is 11.6 Å². The number of nitrogens with zero attached hydrogens (tertiary/aromatic N) is 3. The average molecular weight is 334 g/mol. The van der Waals surface area contributed by atoms with E-state index in [2.05, 4.69) is 4.98 Å². The van der Waals surface area contributed by atoms with E-state index >= 15 is 0 Å². The molecule has 2 aromatic rings. The molecule has 120 valence electrons. The van der Waals surface area contributed by atoms with Crippen molar-refractivity contribution in [2.24, 2.45) is 0 Å². The Bertz CT molecular complexity index is 785. The Morgan fingerprint density at radius 1 is 1.39 bits per heavy atom. The summed E-state index contributed by atoms with van der Waals surface area (Å²) in [5, 5.41) is 0.531. The van der Waals surface area contributed by atoms with Gasteiger partial charge in [-0.15, -0.1) is 0 Å². The number of aryl methyl sites for hydroxylation is 1. The summed E-state index contributed by atoms with van der Waals surface area (Å²) in [6.07, 6.45) is 3.82. The van der Waals surface area contributed by atoms with Crippen molar-refractivity contribution in [3.63, 3.8) is 0 Å². The van der Waals surface area contributed by atoms with Gasteiger partial charge in [0.15, 0.2) is 0 Å². The fourth-order valence-electron chi connectivity index (χ4n) is 2.75. The van der Waals surface area contributed by atoms with E-state index in [1.807, 2.05) is 11.5 Å². The fraction of sp³-hybridized carbons (Fsp3) is 0.312. The van der Waals surface area contributed by atoms with E-state index in [9.17, 15) is 9.59 Å². The number of carbonyl (C=O) groups excluding carboxylic acids is 2. The van der Waals surface area contributed by atoms with E-state index in [1.54, 1.807) is 23.2 Å². The molecule has 7 heteroatoms. The predicted octanol–water partition coefficient (Wildman–Crippen LogP) is 2.55. The Hall–Kier alpha value is -2.34. The van der Waals surface area contributed by atoms with Crippen LogP contribution in [0.1, 0.15) is 33.3 Å². The number of esters is 1. The maximum absolute atomic E-state index is 12.8. The van der Waals surface area contributed by atoms with Crippen molar-refractivity contribution in [2.75, 3.05) is 18.6 Å². The fourth-order valence-corrected chi connectivity index (χ4v) is 2.97. The zero-order valence-corrected chi connectivity index (χ0v) is 13.6. The number of pyridine rings is 1. The van der Waals surface area contributed by atoms with Crippen molar-refractivity contribution in [1.29, 1.82) is 0 Å². The molecule has 0 saturated heterocycles. The van der Waals surface area contributed by atoms with Crippen LogP contribution in [-0.4, -0.2) is 35.1 Å². The SMILES string of the molecule is CCn1cc(Cl)cc1C(=O)N1CCc2cc(C(=O)OC)cnc21. The van der Waals surface area contributed by atoms with E-state index in [0.717, 1.165) is 5.56 Å². The highest BCUT2D eigenvalue weighted by atomic mass is 35.5. The second-order valence-electron chi connectivity index (χ2n) is 5.23. The van der Waals surface area contributed by atoms with Gasteiger partial charge in [0.25, 0.3) is 5.91 Å². The lowest BCUT2D eigenvalue weighted by atomic mass is 10.2. The average Bonchev–Trinajstić information content (AvgIpc) is 3.15. The van der Waals surface area contributed by atoms with Crippen molar-refractivity contribution in [3.05, 3.63) is 46.4 Å². The van der Waals surface area contributed by atoms with Gasteiger partial charge in [0.2, 0.25) is 0 Å². The molecule has 0 fully saturated rings. The Kier molecular flexibility index (Phi) is 4.09. The molecule has 0 atom stereocenters. The maximum atomic E-state index is 12.8. The molecular formula is C16H16ClN3O3. The third kappa shape index (κ3) is 2.70. The lowest BCUT2D eigenvalue weighted by Gasteiger charge is -2.17. The number of methoxy groups -OCH3 is 1. The smallest absolute Gasteiger partial charge is 0.339 e.